The molecule has 356 valence electrons. The molecular formula is C43H62Cl2F3N9O5S2. The first-order valence-corrected chi connectivity index (χ1v) is 24.4. The smallest absolute Gasteiger partial charge is 0.406 e. The Morgan fingerprint density at radius 1 is 0.688 bits per heavy atom. The van der Waals surface area contributed by atoms with Crippen LogP contribution in [0, 0.1) is 0 Å². The summed E-state index contributed by atoms with van der Waals surface area (Å²) in [6, 6.07) is 12.1. The molecule has 4 aliphatic rings. The lowest BCUT2D eigenvalue weighted by atomic mass is 9.92. The predicted octanol–water partition coefficient (Wildman–Crippen LogP) is 10.3. The van der Waals surface area contributed by atoms with Gasteiger partial charge in [-0.15, -0.1) is 21.8 Å². The highest BCUT2D eigenvalue weighted by atomic mass is 35.5. The third-order valence-corrected chi connectivity index (χ3v) is 14.0. The van der Waals surface area contributed by atoms with Crippen molar-refractivity contribution in [1.82, 2.24) is 24.7 Å². The third kappa shape index (κ3) is 14.9. The highest BCUT2D eigenvalue weighted by Gasteiger charge is 2.35. The van der Waals surface area contributed by atoms with E-state index in [4.69, 9.17) is 31.9 Å². The van der Waals surface area contributed by atoms with Gasteiger partial charge in [0.25, 0.3) is 0 Å². The van der Waals surface area contributed by atoms with Crippen LogP contribution in [0.2, 0.25) is 10.0 Å². The molecule has 3 saturated heterocycles. The number of likely N-dealkylation sites (tertiary alicyclic amines) is 1. The summed E-state index contributed by atoms with van der Waals surface area (Å²) in [4.78, 5) is 30.6. The van der Waals surface area contributed by atoms with Crippen molar-refractivity contribution in [3.8, 4) is 5.75 Å². The molecule has 0 bridgehead atoms. The standard InChI is InChI=1S/C25H33ClF3N5O3S.C18H29ClN4O2S/c1-3-20-17-33(24-23(26)14-19(15-30-24)31-38-37-35-2)12-13-34(20)21-8-10-32(11-9-21)16-18-4-6-22(7-5-18)36-25(27,28)29;1-3-15-13-22(9-10-23(15)16-7-5-4-6-8-16)18-17(19)11-14(12-20-18)21-26-25-24-2/h4-7,14-15,20-21,31H,3,8-13,16-17H2,1-2H3;11-12,15-16,21H,3-10,13H2,1-2H3/t20-;15-/m00/s1. The molecule has 3 aromatic rings. The molecular weight excluding hydrogens is 915 g/mol. The van der Waals surface area contributed by atoms with E-state index in [2.05, 4.69) is 72.3 Å². The predicted molar refractivity (Wildman–Crippen MR) is 251 cm³/mol. The second-order valence-electron chi connectivity index (χ2n) is 16.4. The number of halogens is 5. The summed E-state index contributed by atoms with van der Waals surface area (Å²) in [5, 5.41) is 1.25. The van der Waals surface area contributed by atoms with E-state index >= 15 is 0 Å². The van der Waals surface area contributed by atoms with Gasteiger partial charge >= 0.3 is 6.36 Å². The summed E-state index contributed by atoms with van der Waals surface area (Å²) in [5.74, 6) is 1.47. The first kappa shape index (κ1) is 50.7. The fraction of sp³-hybridized carbons (Fsp3) is 0.628. The molecule has 14 nitrogen and oxygen atoms in total. The van der Waals surface area contributed by atoms with Gasteiger partial charge in [-0.3, -0.25) is 14.7 Å². The van der Waals surface area contributed by atoms with Crippen molar-refractivity contribution in [2.75, 3.05) is 85.8 Å². The summed E-state index contributed by atoms with van der Waals surface area (Å²) in [6.07, 6.45) is 10.0. The van der Waals surface area contributed by atoms with Gasteiger partial charge in [0.05, 0.1) is 48.0 Å². The number of piperazine rings is 2. The lowest BCUT2D eigenvalue weighted by molar-refractivity contribution is -0.274. The Balaban J connectivity index is 0.000000228. The van der Waals surface area contributed by atoms with Crippen LogP contribution in [0.15, 0.2) is 48.8 Å². The molecule has 2 atom stereocenters. The molecule has 0 amide bonds. The average molecular weight is 977 g/mol. The van der Waals surface area contributed by atoms with Gasteiger partial charge in [-0.1, -0.05) is 68.4 Å². The molecule has 5 heterocycles. The summed E-state index contributed by atoms with van der Waals surface area (Å²) in [6.45, 7) is 12.9. The van der Waals surface area contributed by atoms with Gasteiger partial charge in [0, 0.05) is 70.0 Å². The highest BCUT2D eigenvalue weighted by Crippen LogP contribution is 2.34. The van der Waals surface area contributed by atoms with E-state index in [1.54, 1.807) is 24.5 Å². The van der Waals surface area contributed by atoms with E-state index in [1.165, 1.54) is 58.5 Å². The molecule has 3 aliphatic heterocycles. The van der Waals surface area contributed by atoms with E-state index in [0.29, 0.717) is 28.2 Å². The zero-order valence-electron chi connectivity index (χ0n) is 37.0. The van der Waals surface area contributed by atoms with Crippen molar-refractivity contribution >= 4 is 70.7 Å². The first-order valence-electron chi connectivity index (χ1n) is 22.1. The number of nitrogens with one attached hydrogen (secondary N) is 2. The molecule has 0 spiro atoms. The van der Waals surface area contributed by atoms with Crippen molar-refractivity contribution < 1.29 is 36.4 Å². The van der Waals surface area contributed by atoms with Crippen molar-refractivity contribution in [2.45, 2.75) is 109 Å². The number of anilines is 4. The summed E-state index contributed by atoms with van der Waals surface area (Å²) < 4.78 is 56.6. The van der Waals surface area contributed by atoms with E-state index in [-0.39, 0.29) is 5.75 Å². The summed E-state index contributed by atoms with van der Waals surface area (Å²) in [5.41, 5.74) is 2.49. The fourth-order valence-electron chi connectivity index (χ4n) is 9.33. The maximum Gasteiger partial charge on any atom is 0.573 e. The van der Waals surface area contributed by atoms with E-state index < -0.39 is 6.36 Å². The van der Waals surface area contributed by atoms with Crippen molar-refractivity contribution in [1.29, 1.82) is 0 Å². The van der Waals surface area contributed by atoms with Gasteiger partial charge in [0.1, 0.15) is 41.8 Å². The van der Waals surface area contributed by atoms with Gasteiger partial charge in [0.15, 0.2) is 0 Å². The number of benzene rings is 1. The SMILES string of the molecule is CC[C@H]1CN(c2ncc(NSOOC)cc2Cl)CCN1C1CCCCC1.CC[C@H]1CN(c2ncc(NSOOC)cc2Cl)CCN1C1CCN(Cc2ccc(OC(F)(F)F)cc2)CC1. The molecule has 0 unspecified atom stereocenters. The number of ether oxygens (including phenoxy) is 1. The quantitative estimate of drug-likeness (QED) is 0.0440. The number of pyridine rings is 2. The molecule has 2 aromatic heterocycles. The van der Waals surface area contributed by atoms with Crippen molar-refractivity contribution in [3.05, 3.63) is 64.4 Å². The molecule has 2 N–H and O–H groups in total. The van der Waals surface area contributed by atoms with Crippen LogP contribution in [-0.2, 0) is 25.0 Å². The van der Waals surface area contributed by atoms with E-state index in [0.717, 1.165) is 144 Å². The molecule has 7 rings (SSSR count). The van der Waals surface area contributed by atoms with Crippen LogP contribution in [0.1, 0.15) is 77.2 Å². The van der Waals surface area contributed by atoms with E-state index in [9.17, 15) is 13.2 Å². The summed E-state index contributed by atoms with van der Waals surface area (Å²) >= 11 is 15.0. The lowest BCUT2D eigenvalue weighted by Gasteiger charge is -2.47. The minimum absolute atomic E-state index is 0.190. The molecule has 64 heavy (non-hydrogen) atoms. The molecule has 1 aromatic carbocycles. The van der Waals surface area contributed by atoms with Crippen LogP contribution >= 0.6 is 47.7 Å². The van der Waals surface area contributed by atoms with Crippen LogP contribution in [0.25, 0.3) is 0 Å². The van der Waals surface area contributed by atoms with Gasteiger partial charge in [-0.25, -0.2) is 19.7 Å². The average Bonchev–Trinajstić information content (AvgIpc) is 3.30. The maximum absolute atomic E-state index is 12.4. The normalized spacial score (nSPS) is 21.1. The van der Waals surface area contributed by atoms with Crippen LogP contribution in [0.4, 0.5) is 36.2 Å². The molecule has 1 saturated carbocycles. The topological polar surface area (TPSA) is 112 Å². The minimum Gasteiger partial charge on any atom is -0.406 e. The van der Waals surface area contributed by atoms with Crippen LogP contribution in [0.5, 0.6) is 5.75 Å². The number of hydrogen-bond donors (Lipinski definition) is 2. The zero-order valence-corrected chi connectivity index (χ0v) is 40.2. The second-order valence-corrected chi connectivity index (χ2v) is 18.2. The molecule has 0 radical (unpaired) electrons. The van der Waals surface area contributed by atoms with Crippen LogP contribution in [0.3, 0.4) is 0 Å². The molecule has 1 aliphatic carbocycles. The Morgan fingerprint density at radius 3 is 1.61 bits per heavy atom. The zero-order chi connectivity index (χ0) is 45.5. The van der Waals surface area contributed by atoms with Crippen LogP contribution in [-0.4, -0.2) is 122 Å². The second kappa shape index (κ2) is 25.4. The molecule has 4 fully saturated rings. The van der Waals surface area contributed by atoms with Crippen LogP contribution < -0.4 is 24.0 Å². The molecule has 21 heteroatoms. The van der Waals surface area contributed by atoms with E-state index in [1.807, 2.05) is 12.1 Å². The number of hydrogen-bond acceptors (Lipinski definition) is 16. The number of rotatable bonds is 17. The Labute approximate surface area is 394 Å². The number of alkyl halides is 3. The first-order chi connectivity index (χ1) is 31.0. The number of nitrogens with zero attached hydrogens (tertiary/aromatic N) is 7. The third-order valence-electron chi connectivity index (χ3n) is 12.4. The Bertz CT molecular complexity index is 1860. The lowest BCUT2D eigenvalue weighted by Crippen LogP contribution is -2.58. The Morgan fingerprint density at radius 2 is 1.17 bits per heavy atom. The largest absolute Gasteiger partial charge is 0.573 e. The van der Waals surface area contributed by atoms with Crippen molar-refractivity contribution in [3.63, 3.8) is 0 Å². The monoisotopic (exact) mass is 975 g/mol. The van der Waals surface area contributed by atoms with Gasteiger partial charge in [-0.05, 0) is 81.4 Å². The number of piperidine rings is 1. The Kier molecular flexibility index (Phi) is 20.2. The van der Waals surface area contributed by atoms with Gasteiger partial charge in [-0.2, -0.15) is 0 Å². The number of aromatic nitrogens is 2. The maximum atomic E-state index is 12.4. The highest BCUT2D eigenvalue weighted by molar-refractivity contribution is 7.96. The minimum atomic E-state index is -4.67. The van der Waals surface area contributed by atoms with Gasteiger partial charge < -0.3 is 24.0 Å². The van der Waals surface area contributed by atoms with Crippen molar-refractivity contribution in [2.24, 2.45) is 0 Å². The van der Waals surface area contributed by atoms with Gasteiger partial charge in [0.2, 0.25) is 0 Å². The summed E-state index contributed by atoms with van der Waals surface area (Å²) in [7, 11) is 2.89. The Hall–Kier alpha value is -2.69. The fourth-order valence-corrected chi connectivity index (χ4v) is 10.5.